The van der Waals surface area contributed by atoms with Crippen molar-refractivity contribution in [2.24, 2.45) is 0 Å². The van der Waals surface area contributed by atoms with Crippen LogP contribution in [-0.2, 0) is 13.1 Å². The minimum absolute atomic E-state index is 0.821. The van der Waals surface area contributed by atoms with E-state index < -0.39 is 0 Å². The zero-order valence-electron chi connectivity index (χ0n) is 10.5. The summed E-state index contributed by atoms with van der Waals surface area (Å²) in [6, 6.07) is 8.46. The first-order valence-corrected chi connectivity index (χ1v) is 7.54. The van der Waals surface area contributed by atoms with Crippen LogP contribution < -0.4 is 5.32 Å². The molecule has 0 saturated heterocycles. The first-order valence-electron chi connectivity index (χ1n) is 5.95. The van der Waals surface area contributed by atoms with E-state index in [1.165, 1.54) is 11.3 Å². The number of nitrogens with one attached hydrogen (secondary N) is 1. The topological polar surface area (TPSA) is 17.0 Å². The van der Waals surface area contributed by atoms with E-state index in [4.69, 9.17) is 0 Å². The molecule has 0 aliphatic carbocycles. The Hall–Kier alpha value is -0.740. The van der Waals surface area contributed by atoms with Crippen molar-refractivity contribution in [3.63, 3.8) is 0 Å². The molecule has 0 radical (unpaired) electrons. The highest BCUT2D eigenvalue weighted by molar-refractivity contribution is 9.11. The summed E-state index contributed by atoms with van der Waals surface area (Å²) in [5.41, 5.74) is 3.62. The average molecular weight is 372 g/mol. The molecule has 1 N–H and O–H groups in total. The molecule has 4 heteroatoms. The number of hydrogen-bond donors (Lipinski definition) is 1. The SMILES string of the molecule is CCn1cccc1CNc1c(Br)cc(C)cc1Br. The van der Waals surface area contributed by atoms with Crippen LogP contribution in [0.1, 0.15) is 18.2 Å². The summed E-state index contributed by atoms with van der Waals surface area (Å²) >= 11 is 7.20. The largest absolute Gasteiger partial charge is 0.378 e. The van der Waals surface area contributed by atoms with Crippen LogP contribution in [0.4, 0.5) is 5.69 Å². The average Bonchev–Trinajstić information content (AvgIpc) is 2.75. The lowest BCUT2D eigenvalue weighted by Crippen LogP contribution is -2.06. The van der Waals surface area contributed by atoms with Crippen molar-refractivity contribution in [2.45, 2.75) is 26.9 Å². The number of rotatable bonds is 4. The van der Waals surface area contributed by atoms with Gasteiger partial charge in [-0.15, -0.1) is 0 Å². The summed E-state index contributed by atoms with van der Waals surface area (Å²) in [5.74, 6) is 0. The van der Waals surface area contributed by atoms with Gasteiger partial charge >= 0.3 is 0 Å². The molecule has 0 atom stereocenters. The molecule has 96 valence electrons. The standard InChI is InChI=1S/C14H16Br2N2/c1-3-18-6-4-5-11(18)9-17-14-12(15)7-10(2)8-13(14)16/h4-8,17H,3,9H2,1-2H3. The first-order chi connectivity index (χ1) is 8.61. The molecule has 2 nitrogen and oxygen atoms in total. The molecule has 0 aliphatic rings. The Bertz CT molecular complexity index is 523. The molecule has 0 amide bonds. The van der Waals surface area contributed by atoms with Gasteiger partial charge in [-0.3, -0.25) is 0 Å². The van der Waals surface area contributed by atoms with Crippen LogP contribution >= 0.6 is 31.9 Å². The molecule has 0 bridgehead atoms. The number of anilines is 1. The first kappa shape index (κ1) is 13.7. The molecule has 0 fully saturated rings. The summed E-state index contributed by atoms with van der Waals surface area (Å²) in [7, 11) is 0. The molecule has 2 rings (SSSR count). The molecule has 0 spiro atoms. The van der Waals surface area contributed by atoms with E-state index in [0.717, 1.165) is 27.7 Å². The van der Waals surface area contributed by atoms with Crippen LogP contribution in [0.5, 0.6) is 0 Å². The maximum absolute atomic E-state index is 3.60. The highest BCUT2D eigenvalue weighted by Crippen LogP contribution is 2.32. The Morgan fingerprint density at radius 3 is 2.50 bits per heavy atom. The summed E-state index contributed by atoms with van der Waals surface area (Å²) in [4.78, 5) is 0. The predicted octanol–water partition coefficient (Wildman–Crippen LogP) is 4.95. The van der Waals surface area contributed by atoms with Crippen molar-refractivity contribution in [1.82, 2.24) is 4.57 Å². The van der Waals surface area contributed by atoms with Crippen LogP contribution in [0, 0.1) is 6.92 Å². The second-order valence-corrected chi connectivity index (χ2v) is 5.95. The summed E-state index contributed by atoms with van der Waals surface area (Å²) < 4.78 is 4.41. The van der Waals surface area contributed by atoms with Crippen LogP contribution in [0.2, 0.25) is 0 Å². The van der Waals surface area contributed by atoms with Gasteiger partial charge in [0.2, 0.25) is 0 Å². The molecule has 1 heterocycles. The van der Waals surface area contributed by atoms with E-state index in [1.54, 1.807) is 0 Å². The fourth-order valence-electron chi connectivity index (χ4n) is 1.97. The van der Waals surface area contributed by atoms with Gasteiger partial charge in [0, 0.05) is 27.4 Å². The van der Waals surface area contributed by atoms with Crippen molar-refractivity contribution in [3.8, 4) is 0 Å². The minimum atomic E-state index is 0.821. The van der Waals surface area contributed by atoms with Crippen molar-refractivity contribution >= 4 is 37.5 Å². The third-order valence-corrected chi connectivity index (χ3v) is 4.15. The molecule has 0 aliphatic heterocycles. The lowest BCUT2D eigenvalue weighted by molar-refractivity contribution is 0.724. The third-order valence-electron chi connectivity index (χ3n) is 2.90. The zero-order chi connectivity index (χ0) is 13.1. The lowest BCUT2D eigenvalue weighted by atomic mass is 10.2. The van der Waals surface area contributed by atoms with Crippen molar-refractivity contribution in [2.75, 3.05) is 5.32 Å². The molecule has 1 aromatic carbocycles. The Balaban J connectivity index is 2.16. The van der Waals surface area contributed by atoms with Gasteiger partial charge in [0.25, 0.3) is 0 Å². The van der Waals surface area contributed by atoms with Crippen LogP contribution in [0.3, 0.4) is 0 Å². The van der Waals surface area contributed by atoms with Gasteiger partial charge < -0.3 is 9.88 Å². The third kappa shape index (κ3) is 2.98. The molecule has 0 saturated carbocycles. The van der Waals surface area contributed by atoms with Gasteiger partial charge in [-0.05, 0) is 75.5 Å². The van der Waals surface area contributed by atoms with Gasteiger partial charge in [-0.25, -0.2) is 0 Å². The van der Waals surface area contributed by atoms with Gasteiger partial charge in [-0.2, -0.15) is 0 Å². The molecular weight excluding hydrogens is 356 g/mol. The van der Waals surface area contributed by atoms with Crippen molar-refractivity contribution in [3.05, 3.63) is 50.7 Å². The normalized spacial score (nSPS) is 10.7. The van der Waals surface area contributed by atoms with Crippen LogP contribution in [-0.4, -0.2) is 4.57 Å². The number of nitrogens with zero attached hydrogens (tertiary/aromatic N) is 1. The molecule has 0 unspecified atom stereocenters. The maximum atomic E-state index is 3.60. The van der Waals surface area contributed by atoms with E-state index >= 15 is 0 Å². The summed E-state index contributed by atoms with van der Waals surface area (Å²) in [6.45, 7) is 6.06. The summed E-state index contributed by atoms with van der Waals surface area (Å²) in [6.07, 6.45) is 2.11. The summed E-state index contributed by atoms with van der Waals surface area (Å²) in [5, 5.41) is 3.47. The second kappa shape index (κ2) is 5.93. The molecule has 18 heavy (non-hydrogen) atoms. The number of aryl methyl sites for hydroxylation is 2. The Kier molecular flexibility index (Phi) is 4.51. The number of hydrogen-bond acceptors (Lipinski definition) is 1. The van der Waals surface area contributed by atoms with Gasteiger partial charge in [-0.1, -0.05) is 0 Å². The van der Waals surface area contributed by atoms with Crippen LogP contribution in [0.15, 0.2) is 39.4 Å². The quantitative estimate of drug-likeness (QED) is 0.804. The molecule has 2 aromatic rings. The minimum Gasteiger partial charge on any atom is -0.378 e. The zero-order valence-corrected chi connectivity index (χ0v) is 13.7. The van der Waals surface area contributed by atoms with E-state index in [-0.39, 0.29) is 0 Å². The lowest BCUT2D eigenvalue weighted by Gasteiger charge is -2.13. The Morgan fingerprint density at radius 2 is 1.89 bits per heavy atom. The number of aromatic nitrogens is 1. The number of halogens is 2. The highest BCUT2D eigenvalue weighted by Gasteiger charge is 2.07. The fraction of sp³-hybridized carbons (Fsp3) is 0.286. The number of benzene rings is 1. The maximum Gasteiger partial charge on any atom is 0.0632 e. The van der Waals surface area contributed by atoms with Gasteiger partial charge in [0.15, 0.2) is 0 Å². The molecular formula is C14H16Br2N2. The van der Waals surface area contributed by atoms with E-state index in [2.05, 4.69) is 86.1 Å². The van der Waals surface area contributed by atoms with Crippen molar-refractivity contribution in [1.29, 1.82) is 0 Å². The van der Waals surface area contributed by atoms with E-state index in [9.17, 15) is 0 Å². The molecule has 1 aromatic heterocycles. The van der Waals surface area contributed by atoms with Crippen molar-refractivity contribution < 1.29 is 0 Å². The monoisotopic (exact) mass is 370 g/mol. The second-order valence-electron chi connectivity index (χ2n) is 4.24. The highest BCUT2D eigenvalue weighted by atomic mass is 79.9. The Labute approximate surface area is 125 Å². The smallest absolute Gasteiger partial charge is 0.0632 e. The van der Waals surface area contributed by atoms with E-state index in [1.807, 2.05) is 0 Å². The fourth-order valence-corrected chi connectivity index (χ4v) is 3.66. The van der Waals surface area contributed by atoms with Crippen LogP contribution in [0.25, 0.3) is 0 Å². The van der Waals surface area contributed by atoms with Gasteiger partial charge in [0.1, 0.15) is 0 Å². The van der Waals surface area contributed by atoms with Gasteiger partial charge in [0.05, 0.1) is 12.2 Å². The van der Waals surface area contributed by atoms with E-state index in [0.29, 0.717) is 0 Å². The predicted molar refractivity (Wildman–Crippen MR) is 84.0 cm³/mol. The Morgan fingerprint density at radius 1 is 1.22 bits per heavy atom.